The zero-order chi connectivity index (χ0) is 33.3. The second-order valence-electron chi connectivity index (χ2n) is 14.4. The number of nitrogens with one attached hydrogen (secondary N) is 1. The number of carbonyl (C=O) groups is 2. The Morgan fingerprint density at radius 2 is 1.94 bits per heavy atom. The summed E-state index contributed by atoms with van der Waals surface area (Å²) in [5, 5.41) is 3.60. The van der Waals surface area contributed by atoms with Gasteiger partial charge in [-0.3, -0.25) is 9.88 Å². The van der Waals surface area contributed by atoms with Gasteiger partial charge in [0, 0.05) is 36.1 Å². The molecule has 12 nitrogen and oxygen atoms in total. The van der Waals surface area contributed by atoms with Gasteiger partial charge in [0.25, 0.3) is 0 Å². The third-order valence-electron chi connectivity index (χ3n) is 9.58. The molecule has 0 spiro atoms. The zero-order valence-electron chi connectivity index (χ0n) is 27.7. The number of hydrogen-bond donors (Lipinski definition) is 1. The van der Waals surface area contributed by atoms with E-state index >= 15 is 4.39 Å². The molecule has 4 atom stereocenters. The summed E-state index contributed by atoms with van der Waals surface area (Å²) in [4.78, 5) is 42.4. The van der Waals surface area contributed by atoms with Gasteiger partial charge in [0.2, 0.25) is 0 Å². The van der Waals surface area contributed by atoms with Gasteiger partial charge in [0.1, 0.15) is 17.7 Å². The van der Waals surface area contributed by atoms with Crippen LogP contribution in [-0.4, -0.2) is 112 Å². The highest BCUT2D eigenvalue weighted by molar-refractivity contribution is 6.21. The number of amides is 1. The van der Waals surface area contributed by atoms with Crippen LogP contribution < -0.4 is 10.1 Å². The van der Waals surface area contributed by atoms with Crippen LogP contribution in [0.25, 0.3) is 10.9 Å². The lowest BCUT2D eigenvalue weighted by Gasteiger charge is -2.41. The summed E-state index contributed by atoms with van der Waals surface area (Å²) in [6.45, 7) is 11.9. The van der Waals surface area contributed by atoms with Crippen LogP contribution in [0, 0.1) is 17.2 Å². The minimum absolute atomic E-state index is 0.0000870. The smallest absolute Gasteiger partial charge is 0.410 e. The van der Waals surface area contributed by atoms with Crippen molar-refractivity contribution in [1.29, 1.82) is 0 Å². The molecule has 5 heterocycles. The molecule has 1 aliphatic carbocycles. The molecule has 2 bridgehead atoms. The number of piperazine rings is 1. The lowest BCUT2D eigenvalue weighted by Crippen LogP contribution is -2.57. The number of aromatic nitrogens is 3. The average Bonchev–Trinajstić information content (AvgIpc) is 3.74. The monoisotopic (exact) mass is 676 g/mol. The fraction of sp³-hybridized carbons (Fsp3) is 0.727. The van der Waals surface area contributed by atoms with Gasteiger partial charge in [-0.25, -0.2) is 14.0 Å². The topological polar surface area (TPSA) is 128 Å². The minimum atomic E-state index is -0.664. The van der Waals surface area contributed by atoms with Gasteiger partial charge in [-0.1, -0.05) is 0 Å². The Bertz CT molecular complexity index is 1450. The van der Waals surface area contributed by atoms with E-state index in [1.165, 1.54) is 0 Å². The second-order valence-corrected chi connectivity index (χ2v) is 15.0. The summed E-state index contributed by atoms with van der Waals surface area (Å²) in [5.74, 6) is -0.475. The normalized spacial score (nSPS) is 26.0. The van der Waals surface area contributed by atoms with E-state index in [-0.39, 0.29) is 40.9 Å². The van der Waals surface area contributed by atoms with Crippen LogP contribution in [0.4, 0.5) is 9.18 Å². The Morgan fingerprint density at radius 1 is 1.17 bits per heavy atom. The van der Waals surface area contributed by atoms with Crippen molar-refractivity contribution in [2.45, 2.75) is 88.9 Å². The maximum absolute atomic E-state index is 15.2. The molecule has 2 aromatic rings. The zero-order valence-corrected chi connectivity index (χ0v) is 28.4. The predicted octanol–water partition coefficient (Wildman–Crippen LogP) is 4.24. The van der Waals surface area contributed by atoms with Crippen molar-refractivity contribution < 1.29 is 32.9 Å². The predicted molar refractivity (Wildman–Crippen MR) is 172 cm³/mol. The van der Waals surface area contributed by atoms with Gasteiger partial charge < -0.3 is 29.2 Å². The van der Waals surface area contributed by atoms with Gasteiger partial charge in [0.05, 0.1) is 49.2 Å². The lowest BCUT2D eigenvalue weighted by atomic mass is 9.96. The van der Waals surface area contributed by atoms with E-state index in [2.05, 4.69) is 20.2 Å². The second kappa shape index (κ2) is 13.9. The Morgan fingerprint density at radius 3 is 2.64 bits per heavy atom. The van der Waals surface area contributed by atoms with Crippen molar-refractivity contribution in [3.05, 3.63) is 23.9 Å². The molecule has 0 radical (unpaired) electrons. The molecule has 4 aliphatic rings. The summed E-state index contributed by atoms with van der Waals surface area (Å²) in [6.07, 6.45) is 6.93. The number of rotatable bonds is 11. The highest BCUT2D eigenvalue weighted by atomic mass is 35.5. The summed E-state index contributed by atoms with van der Waals surface area (Å²) in [5.41, 5.74) is -0.0606. The molecule has 3 saturated heterocycles. The summed E-state index contributed by atoms with van der Waals surface area (Å²) >= 11 is 6.89. The largest absolute Gasteiger partial charge is 0.464 e. The van der Waals surface area contributed by atoms with Crippen molar-refractivity contribution in [2.75, 3.05) is 52.6 Å². The molecule has 6 rings (SSSR count). The van der Waals surface area contributed by atoms with E-state index in [0.29, 0.717) is 49.8 Å². The molecule has 1 N–H and O–H groups in total. The quantitative estimate of drug-likeness (QED) is 0.271. The Balaban J connectivity index is 1.13. The number of esters is 1. The van der Waals surface area contributed by atoms with Crippen molar-refractivity contribution in [3.63, 3.8) is 0 Å². The summed E-state index contributed by atoms with van der Waals surface area (Å²) in [7, 11) is 0. The third kappa shape index (κ3) is 7.90. The summed E-state index contributed by atoms with van der Waals surface area (Å²) < 4.78 is 37.7. The van der Waals surface area contributed by atoms with Crippen LogP contribution in [0.2, 0.25) is 0 Å². The van der Waals surface area contributed by atoms with Crippen LogP contribution >= 0.6 is 11.6 Å². The van der Waals surface area contributed by atoms with Gasteiger partial charge in [0.15, 0.2) is 5.82 Å². The number of pyridine rings is 1. The standard InChI is InChI=1S/C33H46ClFN6O6/c1-5-45-25(42)17-44-16-20-6-10-40(11-7-20)18-33(8-9-33)19-46-30-38-26-22(14-36-15-24(26)35)27(39-30)28-29-23(34)12-21(13-37-28)41(29)31(43)47-32(2,3)4/h14-15,20-21,23,28-29,37H,5-13,16-19H2,1-4H3. The third-order valence-corrected chi connectivity index (χ3v) is 10.0. The van der Waals surface area contributed by atoms with E-state index < -0.39 is 29.6 Å². The van der Waals surface area contributed by atoms with Crippen LogP contribution in [0.5, 0.6) is 6.01 Å². The van der Waals surface area contributed by atoms with Crippen LogP contribution in [-0.2, 0) is 19.0 Å². The molecular formula is C33H46ClFN6O6. The number of nitrogens with zero attached hydrogens (tertiary/aromatic N) is 5. The number of alkyl halides is 1. The van der Waals surface area contributed by atoms with E-state index in [9.17, 15) is 9.59 Å². The SMILES string of the molecule is CCOC(=O)COCC1CCN(CC2(COc3nc(C4NCC5CC(Cl)C4N5C(=O)OC(C)(C)C)c4cncc(F)c4n3)CC2)CC1. The van der Waals surface area contributed by atoms with Crippen molar-refractivity contribution >= 4 is 34.6 Å². The van der Waals surface area contributed by atoms with E-state index in [4.69, 9.17) is 35.5 Å². The first-order valence-electron chi connectivity index (χ1n) is 16.7. The highest BCUT2D eigenvalue weighted by Crippen LogP contribution is 2.47. The molecule has 258 valence electrons. The molecule has 4 unspecified atom stereocenters. The molecule has 1 amide bonds. The maximum Gasteiger partial charge on any atom is 0.410 e. The highest BCUT2D eigenvalue weighted by Gasteiger charge is 2.52. The first kappa shape index (κ1) is 34.0. The minimum Gasteiger partial charge on any atom is -0.464 e. The summed E-state index contributed by atoms with van der Waals surface area (Å²) in [6, 6.07) is -0.993. The first-order chi connectivity index (χ1) is 22.4. The molecule has 0 aromatic carbocycles. The molecule has 1 saturated carbocycles. The fourth-order valence-electron chi connectivity index (χ4n) is 7.06. The van der Waals surface area contributed by atoms with Crippen molar-refractivity contribution in [3.8, 4) is 6.01 Å². The van der Waals surface area contributed by atoms with Crippen molar-refractivity contribution in [2.24, 2.45) is 11.3 Å². The molecular weight excluding hydrogens is 631 g/mol. The van der Waals surface area contributed by atoms with E-state index in [0.717, 1.165) is 51.5 Å². The number of likely N-dealkylation sites (tertiary alicyclic amines) is 1. The van der Waals surface area contributed by atoms with Crippen LogP contribution in [0.1, 0.15) is 71.5 Å². The Hall–Kier alpha value is -2.87. The van der Waals surface area contributed by atoms with Gasteiger partial charge in [-0.2, -0.15) is 9.97 Å². The lowest BCUT2D eigenvalue weighted by molar-refractivity contribution is -0.149. The van der Waals surface area contributed by atoms with Crippen molar-refractivity contribution in [1.82, 2.24) is 30.1 Å². The van der Waals surface area contributed by atoms with Crippen LogP contribution in [0.15, 0.2) is 12.4 Å². The molecule has 47 heavy (non-hydrogen) atoms. The van der Waals surface area contributed by atoms with E-state index in [1.807, 2.05) is 20.8 Å². The first-order valence-corrected chi connectivity index (χ1v) is 17.2. The van der Waals surface area contributed by atoms with Gasteiger partial charge in [-0.15, -0.1) is 11.6 Å². The average molecular weight is 677 g/mol. The number of hydrogen-bond acceptors (Lipinski definition) is 11. The number of carbonyl (C=O) groups excluding carboxylic acids is 2. The number of piperidine rings is 1. The molecule has 14 heteroatoms. The Labute approximate surface area is 280 Å². The number of ether oxygens (including phenoxy) is 4. The van der Waals surface area contributed by atoms with E-state index in [1.54, 1.807) is 18.0 Å². The van der Waals surface area contributed by atoms with Crippen LogP contribution in [0.3, 0.4) is 0 Å². The number of halogens is 2. The number of fused-ring (bicyclic) bond motifs is 3. The Kier molecular flexibility index (Phi) is 10.1. The maximum atomic E-state index is 15.2. The van der Waals surface area contributed by atoms with Gasteiger partial charge >= 0.3 is 18.1 Å². The molecule has 4 fully saturated rings. The molecule has 2 aromatic heterocycles. The molecule has 3 aliphatic heterocycles. The van der Waals surface area contributed by atoms with Gasteiger partial charge in [-0.05, 0) is 78.8 Å². The fourth-order valence-corrected chi connectivity index (χ4v) is 7.54.